The van der Waals surface area contributed by atoms with Gasteiger partial charge >= 0.3 is 0 Å². The first-order valence-electron chi connectivity index (χ1n) is 14.4. The van der Waals surface area contributed by atoms with Crippen molar-refractivity contribution in [1.82, 2.24) is 4.57 Å². The van der Waals surface area contributed by atoms with Crippen LogP contribution in [0.2, 0.25) is 0 Å². The van der Waals surface area contributed by atoms with Crippen molar-refractivity contribution in [2.24, 2.45) is 27.7 Å². The van der Waals surface area contributed by atoms with E-state index in [2.05, 4.69) is 89.6 Å². The highest BCUT2D eigenvalue weighted by Gasteiger charge is 2.52. The van der Waals surface area contributed by atoms with Crippen molar-refractivity contribution in [1.29, 1.82) is 0 Å². The molecule has 0 bridgehead atoms. The summed E-state index contributed by atoms with van der Waals surface area (Å²) in [5, 5.41) is 3.44. The second-order valence-electron chi connectivity index (χ2n) is 11.7. The maximum Gasteiger partial charge on any atom is 0.134 e. The molecule has 2 aromatic carbocycles. The van der Waals surface area contributed by atoms with Crippen LogP contribution in [0, 0.1) is 17.8 Å². The van der Waals surface area contributed by atoms with Gasteiger partial charge in [-0.25, -0.2) is 0 Å². The number of nitrogens with zero attached hydrogens (tertiary/aromatic N) is 3. The number of aromatic nitrogens is 1. The van der Waals surface area contributed by atoms with Crippen LogP contribution in [-0.2, 0) is 11.2 Å². The van der Waals surface area contributed by atoms with Crippen LogP contribution >= 0.6 is 0 Å². The number of hydrogen-bond acceptors (Lipinski definition) is 3. The Morgan fingerprint density at radius 1 is 0.895 bits per heavy atom. The topological polar surface area (TPSA) is 38.9 Å². The molecular weight excluding hydrogens is 466 g/mol. The molecule has 9 rings (SSSR count). The van der Waals surface area contributed by atoms with Gasteiger partial charge in [0.2, 0.25) is 0 Å². The van der Waals surface area contributed by atoms with Crippen molar-refractivity contribution < 1.29 is 4.74 Å². The summed E-state index contributed by atoms with van der Waals surface area (Å²) in [6.07, 6.45) is 20.1. The molecule has 4 heteroatoms. The molecule has 3 aromatic rings. The fraction of sp³-hybridized carbons (Fsp3) is 0.353. The van der Waals surface area contributed by atoms with Crippen LogP contribution in [0.4, 0.5) is 0 Å². The number of benzene rings is 2. The van der Waals surface area contributed by atoms with Gasteiger partial charge in [-0.2, -0.15) is 0 Å². The number of fused-ring (bicyclic) bond motifs is 7. The molecule has 4 nitrogen and oxygen atoms in total. The Bertz CT molecular complexity index is 1740. The molecular formula is C34H31N3O. The van der Waals surface area contributed by atoms with Crippen molar-refractivity contribution in [2.45, 2.75) is 56.5 Å². The summed E-state index contributed by atoms with van der Waals surface area (Å²) in [5.74, 6) is 1.38. The quantitative estimate of drug-likeness (QED) is 0.421. The minimum atomic E-state index is 0.124. The van der Waals surface area contributed by atoms with Gasteiger partial charge in [0.1, 0.15) is 6.23 Å². The summed E-state index contributed by atoms with van der Waals surface area (Å²) in [7, 11) is 0. The van der Waals surface area contributed by atoms with E-state index < -0.39 is 0 Å². The molecule has 4 aliphatic carbocycles. The summed E-state index contributed by atoms with van der Waals surface area (Å²) >= 11 is 0. The van der Waals surface area contributed by atoms with Gasteiger partial charge in [-0.1, -0.05) is 66.8 Å². The van der Waals surface area contributed by atoms with Gasteiger partial charge in [0.05, 0.1) is 34.4 Å². The van der Waals surface area contributed by atoms with E-state index in [0.717, 1.165) is 42.8 Å². The summed E-state index contributed by atoms with van der Waals surface area (Å²) in [6, 6.07) is 17.6. The minimum absolute atomic E-state index is 0.124. The average Bonchev–Trinajstić information content (AvgIpc) is 3.66. The van der Waals surface area contributed by atoms with Crippen molar-refractivity contribution in [3.63, 3.8) is 0 Å². The molecule has 38 heavy (non-hydrogen) atoms. The maximum absolute atomic E-state index is 7.04. The minimum Gasteiger partial charge on any atom is -0.354 e. The third-order valence-electron chi connectivity index (χ3n) is 9.95. The van der Waals surface area contributed by atoms with Gasteiger partial charge in [-0.3, -0.25) is 9.98 Å². The molecule has 1 saturated heterocycles. The Labute approximate surface area is 222 Å². The van der Waals surface area contributed by atoms with E-state index in [1.165, 1.54) is 33.3 Å². The fourth-order valence-corrected chi connectivity index (χ4v) is 8.40. The number of hydrogen-bond donors (Lipinski definition) is 0. The molecule has 1 saturated carbocycles. The first-order chi connectivity index (χ1) is 18.8. The van der Waals surface area contributed by atoms with Gasteiger partial charge in [0, 0.05) is 22.6 Å². The normalized spacial score (nSPS) is 33.9. The van der Waals surface area contributed by atoms with Gasteiger partial charge in [-0.05, 0) is 73.3 Å². The molecule has 0 N–H and O–H groups in total. The Morgan fingerprint density at radius 2 is 1.71 bits per heavy atom. The summed E-state index contributed by atoms with van der Waals surface area (Å²) in [6.45, 7) is 0. The number of para-hydroxylation sites is 3. The van der Waals surface area contributed by atoms with Crippen LogP contribution in [0.5, 0.6) is 0 Å². The van der Waals surface area contributed by atoms with Gasteiger partial charge in [0.15, 0.2) is 0 Å². The van der Waals surface area contributed by atoms with E-state index in [0.29, 0.717) is 17.8 Å². The molecule has 2 fully saturated rings. The second kappa shape index (κ2) is 8.00. The Hall–Kier alpha value is -3.50. The van der Waals surface area contributed by atoms with Gasteiger partial charge < -0.3 is 9.30 Å². The summed E-state index contributed by atoms with van der Waals surface area (Å²) < 4.78 is 9.58. The molecule has 1 aromatic heterocycles. The average molecular weight is 498 g/mol. The highest BCUT2D eigenvalue weighted by molar-refractivity contribution is 5.92. The fourth-order valence-electron chi connectivity index (χ4n) is 8.40. The third kappa shape index (κ3) is 2.90. The molecule has 0 amide bonds. The van der Waals surface area contributed by atoms with Crippen LogP contribution in [0.1, 0.15) is 43.2 Å². The Kier molecular flexibility index (Phi) is 4.51. The van der Waals surface area contributed by atoms with E-state index in [-0.39, 0.29) is 24.4 Å². The molecule has 2 aliphatic heterocycles. The lowest BCUT2D eigenvalue weighted by atomic mass is 9.67. The van der Waals surface area contributed by atoms with E-state index in [4.69, 9.17) is 14.7 Å². The molecule has 7 atom stereocenters. The zero-order chi connectivity index (χ0) is 24.8. The van der Waals surface area contributed by atoms with Crippen LogP contribution in [0.3, 0.4) is 0 Å². The molecule has 0 spiro atoms. The standard InChI is InChI=1S/C34H31N3O/c1-5-14-28-20(8-1)21-9-2-6-15-29(21)37(28)31-19-18-30(38-31)22-16-17-25-32-23(22)10-7-11-24(32)33-34(25)36-27-13-4-3-12-26(27)35-33/h1-5,7-14,17,22-23,30-34H,6,15-16,18-19H2. The summed E-state index contributed by atoms with van der Waals surface area (Å²) in [4.78, 5) is 10.4. The third-order valence-corrected chi connectivity index (χ3v) is 9.95. The second-order valence-corrected chi connectivity index (χ2v) is 11.7. The molecule has 188 valence electrons. The lowest BCUT2D eigenvalue weighted by Crippen LogP contribution is -2.37. The highest BCUT2D eigenvalue weighted by Crippen LogP contribution is 2.54. The first-order valence-corrected chi connectivity index (χ1v) is 14.4. The van der Waals surface area contributed by atoms with Crippen molar-refractivity contribution >= 4 is 17.0 Å². The van der Waals surface area contributed by atoms with Crippen LogP contribution < -0.4 is 10.7 Å². The van der Waals surface area contributed by atoms with Crippen molar-refractivity contribution in [2.75, 3.05) is 0 Å². The largest absolute Gasteiger partial charge is 0.354 e. The van der Waals surface area contributed by atoms with E-state index in [1.54, 1.807) is 0 Å². The van der Waals surface area contributed by atoms with E-state index in [9.17, 15) is 0 Å². The lowest BCUT2D eigenvalue weighted by molar-refractivity contribution is -0.0369. The highest BCUT2D eigenvalue weighted by atomic mass is 16.5. The zero-order valence-corrected chi connectivity index (χ0v) is 21.4. The van der Waals surface area contributed by atoms with E-state index in [1.807, 2.05) is 0 Å². The van der Waals surface area contributed by atoms with Gasteiger partial charge in [-0.15, -0.1) is 0 Å². The predicted molar refractivity (Wildman–Crippen MR) is 149 cm³/mol. The first kappa shape index (κ1) is 21.4. The maximum atomic E-state index is 7.04. The predicted octanol–water partition coefficient (Wildman–Crippen LogP) is 5.66. The number of allylic oxidation sites excluding steroid dienone is 5. The zero-order valence-electron chi connectivity index (χ0n) is 21.4. The smallest absolute Gasteiger partial charge is 0.134 e. The monoisotopic (exact) mass is 497 g/mol. The SMILES string of the molecule is C1=CC2C3C(=C1)C1N=c4ccccc4=NC1C3=CCC2C1CCC(n2c3c(c4ccccc42)C=CCC3)O1. The van der Waals surface area contributed by atoms with E-state index >= 15 is 0 Å². The molecule has 6 aliphatic rings. The van der Waals surface area contributed by atoms with Crippen LogP contribution in [0.15, 0.2) is 100 Å². The van der Waals surface area contributed by atoms with Gasteiger partial charge in [0.25, 0.3) is 0 Å². The number of rotatable bonds is 2. The molecule has 7 unspecified atom stereocenters. The molecule has 0 radical (unpaired) electrons. The lowest BCUT2D eigenvalue weighted by Gasteiger charge is -2.39. The van der Waals surface area contributed by atoms with Crippen molar-refractivity contribution in [3.8, 4) is 0 Å². The Morgan fingerprint density at radius 3 is 2.61 bits per heavy atom. The number of ether oxygens (including phenoxy) is 1. The van der Waals surface area contributed by atoms with Crippen LogP contribution in [-0.4, -0.2) is 22.8 Å². The van der Waals surface area contributed by atoms with Crippen LogP contribution in [0.25, 0.3) is 17.0 Å². The summed E-state index contributed by atoms with van der Waals surface area (Å²) in [5.41, 5.74) is 7.14. The Balaban J connectivity index is 1.05. The molecule has 3 heterocycles. The van der Waals surface area contributed by atoms with Crippen molar-refractivity contribution in [3.05, 3.63) is 112 Å².